The number of ether oxygens (including phenoxy) is 1. The Hall–Kier alpha value is -2.84. The molecule has 0 amide bonds. The highest BCUT2D eigenvalue weighted by Crippen LogP contribution is 2.33. The van der Waals surface area contributed by atoms with E-state index in [9.17, 15) is 0 Å². The molecule has 1 heterocycles. The highest BCUT2D eigenvalue weighted by atomic mass is 35.5. The fraction of sp³-hybridized carbons (Fsp3) is 0.0455. The van der Waals surface area contributed by atoms with E-state index in [4.69, 9.17) is 21.3 Å². The number of methoxy groups -OCH3 is 1. The van der Waals surface area contributed by atoms with Gasteiger partial charge in [0.25, 0.3) is 0 Å². The van der Waals surface area contributed by atoms with Crippen LogP contribution in [0.2, 0.25) is 5.02 Å². The third-order valence-electron chi connectivity index (χ3n) is 4.24. The Morgan fingerprint density at radius 2 is 1.56 bits per heavy atom. The van der Waals surface area contributed by atoms with Crippen LogP contribution in [0.25, 0.3) is 33.3 Å². The highest BCUT2D eigenvalue weighted by molar-refractivity contribution is 6.31. The minimum Gasteiger partial charge on any atom is -0.497 e. The third kappa shape index (κ3) is 3.09. The highest BCUT2D eigenvalue weighted by Gasteiger charge is 2.10. The van der Waals surface area contributed by atoms with E-state index in [1.807, 2.05) is 60.7 Å². The molecular formula is C22H16ClNO. The van der Waals surface area contributed by atoms with Gasteiger partial charge in [-0.1, -0.05) is 48.0 Å². The van der Waals surface area contributed by atoms with Crippen molar-refractivity contribution in [3.63, 3.8) is 0 Å². The first-order valence-electron chi connectivity index (χ1n) is 8.05. The van der Waals surface area contributed by atoms with Gasteiger partial charge in [-0.3, -0.25) is 0 Å². The number of fused-ring (bicyclic) bond motifs is 1. The molecule has 4 aromatic rings. The topological polar surface area (TPSA) is 22.1 Å². The number of pyridine rings is 1. The van der Waals surface area contributed by atoms with Crippen molar-refractivity contribution in [1.82, 2.24) is 4.98 Å². The van der Waals surface area contributed by atoms with Gasteiger partial charge in [0.05, 0.1) is 18.3 Å². The van der Waals surface area contributed by atoms with E-state index in [0.29, 0.717) is 5.02 Å². The number of hydrogen-bond donors (Lipinski definition) is 0. The summed E-state index contributed by atoms with van der Waals surface area (Å²) in [6.45, 7) is 0. The van der Waals surface area contributed by atoms with Crippen molar-refractivity contribution >= 4 is 22.5 Å². The molecule has 0 saturated carbocycles. The quantitative estimate of drug-likeness (QED) is 0.439. The molecule has 0 aliphatic rings. The predicted octanol–water partition coefficient (Wildman–Crippen LogP) is 6.23. The maximum absolute atomic E-state index is 6.20. The molecule has 0 aliphatic heterocycles. The third-order valence-corrected chi connectivity index (χ3v) is 4.48. The van der Waals surface area contributed by atoms with E-state index >= 15 is 0 Å². The van der Waals surface area contributed by atoms with Crippen LogP contribution in [-0.2, 0) is 0 Å². The molecular weight excluding hydrogens is 330 g/mol. The van der Waals surface area contributed by atoms with E-state index in [2.05, 4.69) is 18.2 Å². The second-order valence-electron chi connectivity index (χ2n) is 5.81. The number of hydrogen-bond acceptors (Lipinski definition) is 2. The Kier molecular flexibility index (Phi) is 4.12. The Labute approximate surface area is 151 Å². The normalized spacial score (nSPS) is 10.8. The summed E-state index contributed by atoms with van der Waals surface area (Å²) in [6, 6.07) is 26.3. The van der Waals surface area contributed by atoms with Gasteiger partial charge in [0.15, 0.2) is 0 Å². The van der Waals surface area contributed by atoms with Crippen LogP contribution in [-0.4, -0.2) is 12.1 Å². The lowest BCUT2D eigenvalue weighted by atomic mass is 9.98. The molecule has 25 heavy (non-hydrogen) atoms. The summed E-state index contributed by atoms with van der Waals surface area (Å²) in [5.41, 5.74) is 5.15. The first kappa shape index (κ1) is 15.7. The average molecular weight is 346 g/mol. The van der Waals surface area contributed by atoms with E-state index in [1.54, 1.807) is 7.11 Å². The van der Waals surface area contributed by atoms with Gasteiger partial charge in [-0.05, 0) is 53.6 Å². The smallest absolute Gasteiger partial charge is 0.118 e. The monoisotopic (exact) mass is 345 g/mol. The van der Waals surface area contributed by atoms with Gasteiger partial charge in [-0.2, -0.15) is 0 Å². The van der Waals surface area contributed by atoms with Crippen molar-refractivity contribution in [3.8, 4) is 28.1 Å². The molecule has 122 valence electrons. The fourth-order valence-electron chi connectivity index (χ4n) is 2.97. The van der Waals surface area contributed by atoms with Gasteiger partial charge in [-0.25, -0.2) is 4.98 Å². The van der Waals surface area contributed by atoms with Crippen molar-refractivity contribution in [3.05, 3.63) is 83.9 Å². The Balaban J connectivity index is 1.96. The largest absolute Gasteiger partial charge is 0.497 e. The van der Waals surface area contributed by atoms with Gasteiger partial charge < -0.3 is 4.74 Å². The minimum atomic E-state index is 0.686. The van der Waals surface area contributed by atoms with Crippen molar-refractivity contribution in [2.45, 2.75) is 0 Å². The zero-order valence-electron chi connectivity index (χ0n) is 13.7. The van der Waals surface area contributed by atoms with E-state index < -0.39 is 0 Å². The molecule has 0 N–H and O–H groups in total. The molecule has 4 rings (SSSR count). The van der Waals surface area contributed by atoms with Crippen LogP contribution in [0.3, 0.4) is 0 Å². The van der Waals surface area contributed by atoms with Crippen LogP contribution in [0.5, 0.6) is 5.75 Å². The summed E-state index contributed by atoms with van der Waals surface area (Å²) in [6.07, 6.45) is 0. The Morgan fingerprint density at radius 1 is 0.800 bits per heavy atom. The van der Waals surface area contributed by atoms with E-state index in [-0.39, 0.29) is 0 Å². The van der Waals surface area contributed by atoms with Crippen LogP contribution >= 0.6 is 11.6 Å². The average Bonchev–Trinajstić information content (AvgIpc) is 2.67. The van der Waals surface area contributed by atoms with Gasteiger partial charge >= 0.3 is 0 Å². The number of aromatic nitrogens is 1. The van der Waals surface area contributed by atoms with Gasteiger partial charge in [0.1, 0.15) is 5.75 Å². The molecule has 0 spiro atoms. The Bertz CT molecular complexity index is 1030. The van der Waals surface area contributed by atoms with Gasteiger partial charge in [-0.15, -0.1) is 0 Å². The number of benzene rings is 3. The number of nitrogens with zero attached hydrogens (tertiary/aromatic N) is 1. The molecule has 2 nitrogen and oxygen atoms in total. The lowest BCUT2D eigenvalue weighted by molar-refractivity contribution is 0.415. The summed E-state index contributed by atoms with van der Waals surface area (Å²) in [7, 11) is 1.67. The molecule has 0 radical (unpaired) electrons. The summed E-state index contributed by atoms with van der Waals surface area (Å²) in [4.78, 5) is 4.82. The molecule has 3 aromatic carbocycles. The lowest BCUT2D eigenvalue weighted by Crippen LogP contribution is -1.90. The lowest BCUT2D eigenvalue weighted by Gasteiger charge is -2.11. The number of rotatable bonds is 3. The summed E-state index contributed by atoms with van der Waals surface area (Å²) >= 11 is 6.20. The summed E-state index contributed by atoms with van der Waals surface area (Å²) < 4.78 is 5.25. The van der Waals surface area contributed by atoms with Crippen molar-refractivity contribution in [2.75, 3.05) is 7.11 Å². The molecule has 0 saturated heterocycles. The van der Waals surface area contributed by atoms with Crippen molar-refractivity contribution in [1.29, 1.82) is 0 Å². The molecule has 3 heteroatoms. The van der Waals surface area contributed by atoms with Crippen LogP contribution in [0, 0.1) is 0 Å². The minimum absolute atomic E-state index is 0.686. The number of halogens is 1. The second kappa shape index (κ2) is 6.58. The molecule has 0 fully saturated rings. The fourth-order valence-corrected chi connectivity index (χ4v) is 3.13. The van der Waals surface area contributed by atoms with Gasteiger partial charge in [0.2, 0.25) is 0 Å². The maximum atomic E-state index is 6.20. The second-order valence-corrected chi connectivity index (χ2v) is 6.25. The zero-order chi connectivity index (χ0) is 17.2. The molecule has 0 atom stereocenters. The zero-order valence-corrected chi connectivity index (χ0v) is 14.5. The first-order chi connectivity index (χ1) is 12.2. The summed E-state index contributed by atoms with van der Waals surface area (Å²) in [5, 5.41) is 1.78. The molecule has 0 bridgehead atoms. The molecule has 0 unspecified atom stereocenters. The molecule has 0 aliphatic carbocycles. The molecule has 1 aromatic heterocycles. The maximum Gasteiger partial charge on any atom is 0.118 e. The van der Waals surface area contributed by atoms with E-state index in [0.717, 1.165) is 39.0 Å². The van der Waals surface area contributed by atoms with Crippen molar-refractivity contribution < 1.29 is 4.74 Å². The van der Waals surface area contributed by atoms with E-state index in [1.165, 1.54) is 0 Å². The van der Waals surface area contributed by atoms with Crippen LogP contribution in [0.4, 0.5) is 0 Å². The predicted molar refractivity (Wildman–Crippen MR) is 104 cm³/mol. The first-order valence-corrected chi connectivity index (χ1v) is 8.42. The standard InChI is InChI=1S/C22H16ClNO/c1-25-18-10-7-16(8-11-18)21-14-20(15-5-3-2-4-6-15)19-12-9-17(23)13-22(19)24-21/h2-14H,1H3. The van der Waals surface area contributed by atoms with Crippen molar-refractivity contribution in [2.24, 2.45) is 0 Å². The summed E-state index contributed by atoms with van der Waals surface area (Å²) in [5.74, 6) is 0.830. The SMILES string of the molecule is COc1ccc(-c2cc(-c3ccccc3)c3ccc(Cl)cc3n2)cc1. The van der Waals surface area contributed by atoms with Crippen LogP contribution in [0.1, 0.15) is 0 Å². The Morgan fingerprint density at radius 3 is 2.28 bits per heavy atom. The van der Waals surface area contributed by atoms with Crippen LogP contribution < -0.4 is 4.74 Å². The van der Waals surface area contributed by atoms with Crippen LogP contribution in [0.15, 0.2) is 78.9 Å². The van der Waals surface area contributed by atoms with Gasteiger partial charge in [0, 0.05) is 16.0 Å².